The minimum absolute atomic E-state index is 1.26. The summed E-state index contributed by atoms with van der Waals surface area (Å²) in [6.07, 6.45) is 0. The number of halogens is 1. The first-order valence-corrected chi connectivity index (χ1v) is 38.4. The second-order valence-electron chi connectivity index (χ2n) is 10.00. The number of rotatable bonds is 9. The van der Waals surface area contributed by atoms with E-state index in [0.29, 0.717) is 0 Å². The van der Waals surface area contributed by atoms with Gasteiger partial charge in [-0.25, -0.2) is 0 Å². The summed E-state index contributed by atoms with van der Waals surface area (Å²) in [5, 5.41) is 0. The molecule has 0 N–H and O–H groups in total. The molecular formula is C37H33ClORhSb2. The maximum absolute atomic E-state index is 14.6. The van der Waals surface area contributed by atoms with Gasteiger partial charge in [-0.15, -0.1) is 0 Å². The summed E-state index contributed by atoms with van der Waals surface area (Å²) in [6, 6.07) is 65.0. The van der Waals surface area contributed by atoms with Gasteiger partial charge in [-0.05, 0) is 0 Å². The molecule has 42 heavy (non-hydrogen) atoms. The van der Waals surface area contributed by atoms with Crippen LogP contribution in [-0.2, 0) is 11.3 Å². The van der Waals surface area contributed by atoms with Gasteiger partial charge in [-0.1, -0.05) is 0 Å². The van der Waals surface area contributed by atoms with E-state index in [4.69, 9.17) is 9.69 Å². The number of hydrogen-bond donors (Lipinski definition) is 0. The van der Waals surface area contributed by atoms with Crippen LogP contribution in [0.4, 0.5) is 0 Å². The normalized spacial score (nSPS) is 14.7. The Hall–Kier alpha value is -2.46. The van der Waals surface area contributed by atoms with Crippen molar-refractivity contribution in [2.75, 3.05) is 0 Å². The zero-order chi connectivity index (χ0) is 28.9. The van der Waals surface area contributed by atoms with E-state index >= 15 is 0 Å². The summed E-state index contributed by atoms with van der Waals surface area (Å²) < 4.78 is 7.57. The molecule has 0 saturated heterocycles. The van der Waals surface area contributed by atoms with Crippen LogP contribution in [0.3, 0.4) is 0 Å². The standard InChI is InChI=1S/6C6H5.CHO.ClH.Rh.2Sb.2H/c6*1-2-4-6-5-3-1;1-2;;;;;;/h6*1-5H;1H;1H;;;;;/q;;;;;;;;+1;;;;/p-1. The van der Waals surface area contributed by atoms with Crippen molar-refractivity contribution in [3.63, 3.8) is 0 Å². The molecule has 1 nitrogen and oxygen atoms in total. The van der Waals surface area contributed by atoms with Crippen LogP contribution in [0, 0.1) is 0 Å². The van der Waals surface area contributed by atoms with Crippen molar-refractivity contribution in [2.45, 2.75) is 0 Å². The van der Waals surface area contributed by atoms with Crippen molar-refractivity contribution in [1.29, 1.82) is 0 Å². The summed E-state index contributed by atoms with van der Waals surface area (Å²) >= 11 is -8.82. The van der Waals surface area contributed by atoms with Crippen molar-refractivity contribution < 1.29 is 11.3 Å². The summed E-state index contributed by atoms with van der Waals surface area (Å²) in [7, 11) is 8.76. The van der Waals surface area contributed by atoms with Gasteiger partial charge in [0.05, 0.1) is 0 Å². The molecule has 0 atom stereocenters. The Kier molecular flexibility index (Phi) is 9.19. The Bertz CT molecular complexity index is 1420. The van der Waals surface area contributed by atoms with Crippen LogP contribution in [0.1, 0.15) is 0 Å². The fourth-order valence-corrected chi connectivity index (χ4v) is 203. The molecule has 0 aliphatic carbocycles. The molecule has 6 rings (SSSR count). The van der Waals surface area contributed by atoms with E-state index in [0.717, 1.165) is 0 Å². The van der Waals surface area contributed by atoms with Crippen LogP contribution in [0.15, 0.2) is 182 Å². The fraction of sp³-hybridized carbons (Fsp3) is 0. The second-order valence-corrected chi connectivity index (χ2v) is 89.5. The number of carbonyl (C=O) groups excluding carboxylic acids is 1. The van der Waals surface area contributed by atoms with Gasteiger partial charge in [-0.2, -0.15) is 0 Å². The third-order valence-corrected chi connectivity index (χ3v) is 149. The minimum atomic E-state index is -4.41. The van der Waals surface area contributed by atoms with Crippen molar-refractivity contribution >= 4 is 67.5 Å². The van der Waals surface area contributed by atoms with Gasteiger partial charge in [0.2, 0.25) is 0 Å². The number of carbonyl (C=O) groups is 1. The average molecular weight is 876 g/mol. The molecule has 0 fully saturated rings. The number of benzene rings is 6. The molecule has 0 amide bonds. The predicted molar refractivity (Wildman–Crippen MR) is 183 cm³/mol. The van der Waals surface area contributed by atoms with E-state index in [1.807, 2.05) is 0 Å². The van der Waals surface area contributed by atoms with E-state index in [2.05, 4.69) is 182 Å². The summed E-state index contributed by atoms with van der Waals surface area (Å²) in [5.41, 5.74) is 0. The topological polar surface area (TPSA) is 17.1 Å². The Morgan fingerprint density at radius 2 is 0.524 bits per heavy atom. The Morgan fingerprint density at radius 1 is 0.357 bits per heavy atom. The quantitative estimate of drug-likeness (QED) is 0.157. The third-order valence-electron chi connectivity index (χ3n) is 7.79. The van der Waals surface area contributed by atoms with E-state index < -0.39 is 38.4 Å². The summed E-state index contributed by atoms with van der Waals surface area (Å²) in [5.74, 6) is 0. The monoisotopic (exact) mass is 873 g/mol. The molecule has 0 bridgehead atoms. The fourth-order valence-electron chi connectivity index (χ4n) is 6.11. The van der Waals surface area contributed by atoms with Crippen molar-refractivity contribution in [2.24, 2.45) is 0 Å². The van der Waals surface area contributed by atoms with Crippen molar-refractivity contribution in [3.05, 3.63) is 182 Å². The molecule has 5 heteroatoms. The molecule has 6 aromatic carbocycles. The van der Waals surface area contributed by atoms with Crippen LogP contribution < -0.4 is 21.1 Å². The van der Waals surface area contributed by atoms with Gasteiger partial charge in [0.25, 0.3) is 0 Å². The summed E-state index contributed by atoms with van der Waals surface area (Å²) in [4.78, 5) is 15.9. The van der Waals surface area contributed by atoms with E-state index in [-0.39, 0.29) is 0 Å². The van der Waals surface area contributed by atoms with Crippen LogP contribution in [0.5, 0.6) is 0 Å². The SMILES string of the molecule is O=[CH][Rh]([Cl])([SbH]([c]1ccccc1)([c]1ccccc1)[c]1ccccc1)[SbH]([c]1ccccc1)([c]1ccccc1)[c]1ccccc1. The van der Waals surface area contributed by atoms with Crippen molar-refractivity contribution in [1.82, 2.24) is 0 Å². The zero-order valence-corrected chi connectivity index (χ0v) is 31.1. The predicted octanol–water partition coefficient (Wildman–Crippen LogP) is 4.28. The molecule has 0 aliphatic rings. The maximum atomic E-state index is 14.6. The van der Waals surface area contributed by atoms with Gasteiger partial charge >= 0.3 is 261 Å². The van der Waals surface area contributed by atoms with Gasteiger partial charge in [0, 0.05) is 0 Å². The van der Waals surface area contributed by atoms with Crippen LogP contribution >= 0.6 is 9.69 Å². The van der Waals surface area contributed by atoms with Gasteiger partial charge in [0.15, 0.2) is 0 Å². The first-order valence-electron chi connectivity index (χ1n) is 13.9. The Morgan fingerprint density at radius 3 is 0.667 bits per heavy atom. The van der Waals surface area contributed by atoms with E-state index in [1.54, 1.807) is 0 Å². The molecule has 0 aromatic heterocycles. The third kappa shape index (κ3) is 4.77. The molecule has 0 radical (unpaired) electrons. The van der Waals surface area contributed by atoms with Crippen molar-refractivity contribution in [3.8, 4) is 0 Å². The molecule has 6 aromatic rings. The first kappa shape index (κ1) is 29.6. The average Bonchev–Trinajstić information content (AvgIpc) is 3.08. The zero-order valence-electron chi connectivity index (χ0n) is 23.0. The summed E-state index contributed by atoms with van der Waals surface area (Å²) in [6.45, 7) is -3.87. The molecule has 0 heterocycles. The van der Waals surface area contributed by atoms with Gasteiger partial charge in [0.1, 0.15) is 0 Å². The van der Waals surface area contributed by atoms with E-state index in [1.165, 1.54) is 25.9 Å². The van der Waals surface area contributed by atoms with Gasteiger partial charge < -0.3 is 0 Å². The van der Waals surface area contributed by atoms with Gasteiger partial charge in [-0.3, -0.25) is 0 Å². The molecule has 213 valence electrons. The molecule has 0 aliphatic heterocycles. The Labute approximate surface area is 258 Å². The Balaban J connectivity index is 1.90. The van der Waals surface area contributed by atoms with Crippen LogP contribution in [0.25, 0.3) is 0 Å². The molecule has 0 saturated carbocycles. The van der Waals surface area contributed by atoms with Crippen LogP contribution in [-0.4, -0.2) is 36.7 Å². The second kappa shape index (κ2) is 13.0. The molecular weight excluding hydrogens is 842 g/mol. The van der Waals surface area contributed by atoms with E-state index in [9.17, 15) is 4.79 Å². The molecule has 0 unspecified atom stereocenters. The molecule has 0 spiro atoms. The van der Waals surface area contributed by atoms with Crippen LogP contribution in [0.2, 0.25) is 0 Å². The first-order chi connectivity index (χ1) is 20.7. The number of hydrogen-bond acceptors (Lipinski definition) is 1.